The second-order valence-corrected chi connectivity index (χ2v) is 5.09. The molecule has 104 valence electrons. The van der Waals surface area contributed by atoms with Crippen LogP contribution in [-0.4, -0.2) is 41.2 Å². The molecule has 0 saturated carbocycles. The molecule has 1 saturated heterocycles. The van der Waals surface area contributed by atoms with E-state index >= 15 is 0 Å². The van der Waals surface area contributed by atoms with Crippen molar-refractivity contribution in [1.82, 2.24) is 9.88 Å². The maximum atomic E-state index is 9.85. The van der Waals surface area contributed by atoms with Crippen molar-refractivity contribution in [3.05, 3.63) is 54.2 Å². The summed E-state index contributed by atoms with van der Waals surface area (Å²) < 4.78 is 0. The lowest BCUT2D eigenvalue weighted by Gasteiger charge is -2.35. The summed E-state index contributed by atoms with van der Waals surface area (Å²) in [5.41, 5.74) is 1.35. The first-order valence-electron chi connectivity index (χ1n) is 6.98. The highest BCUT2D eigenvalue weighted by molar-refractivity contribution is 5.51. The molecule has 2 heterocycles. The van der Waals surface area contributed by atoms with Gasteiger partial charge in [-0.25, -0.2) is 4.98 Å². The third-order valence-electron chi connectivity index (χ3n) is 3.69. The Morgan fingerprint density at radius 3 is 2.40 bits per heavy atom. The van der Waals surface area contributed by atoms with Gasteiger partial charge in [-0.15, -0.1) is 0 Å². The van der Waals surface area contributed by atoms with Gasteiger partial charge >= 0.3 is 0 Å². The minimum Gasteiger partial charge on any atom is -0.504 e. The molecular formula is C16H19N3O. The number of aromatic nitrogens is 1. The predicted octanol–water partition coefficient (Wildman–Crippen LogP) is 2.11. The van der Waals surface area contributed by atoms with Crippen molar-refractivity contribution in [2.45, 2.75) is 6.54 Å². The molecule has 1 aromatic heterocycles. The summed E-state index contributed by atoms with van der Waals surface area (Å²) in [7, 11) is 0. The molecule has 0 aliphatic carbocycles. The standard InChI is InChI=1S/C16H19N3O/c20-15-7-4-8-17-16(15)19-11-9-18(10-12-19)13-14-5-2-1-3-6-14/h1-8,20H,9-13H2. The van der Waals surface area contributed by atoms with Gasteiger partial charge in [0, 0.05) is 38.9 Å². The highest BCUT2D eigenvalue weighted by atomic mass is 16.3. The molecule has 0 spiro atoms. The third-order valence-corrected chi connectivity index (χ3v) is 3.69. The molecule has 0 atom stereocenters. The van der Waals surface area contributed by atoms with Crippen molar-refractivity contribution in [3.63, 3.8) is 0 Å². The van der Waals surface area contributed by atoms with Gasteiger partial charge in [-0.3, -0.25) is 4.90 Å². The molecule has 2 aromatic rings. The normalized spacial score (nSPS) is 16.3. The van der Waals surface area contributed by atoms with Crippen molar-refractivity contribution in [2.75, 3.05) is 31.1 Å². The van der Waals surface area contributed by atoms with Crippen LogP contribution in [0.5, 0.6) is 5.75 Å². The van der Waals surface area contributed by atoms with E-state index in [0.717, 1.165) is 32.7 Å². The zero-order chi connectivity index (χ0) is 13.8. The van der Waals surface area contributed by atoms with Gasteiger partial charge < -0.3 is 10.0 Å². The van der Waals surface area contributed by atoms with E-state index in [0.29, 0.717) is 5.82 Å². The van der Waals surface area contributed by atoms with Gasteiger partial charge in [0.1, 0.15) is 0 Å². The van der Waals surface area contributed by atoms with E-state index in [9.17, 15) is 5.11 Å². The average Bonchev–Trinajstić information content (AvgIpc) is 2.50. The van der Waals surface area contributed by atoms with Crippen molar-refractivity contribution in [2.24, 2.45) is 0 Å². The van der Waals surface area contributed by atoms with E-state index < -0.39 is 0 Å². The Morgan fingerprint density at radius 1 is 0.950 bits per heavy atom. The lowest BCUT2D eigenvalue weighted by molar-refractivity contribution is 0.248. The predicted molar refractivity (Wildman–Crippen MR) is 79.8 cm³/mol. The van der Waals surface area contributed by atoms with Crippen molar-refractivity contribution >= 4 is 5.82 Å². The highest BCUT2D eigenvalue weighted by Gasteiger charge is 2.19. The molecule has 0 bridgehead atoms. The first kappa shape index (κ1) is 12.9. The van der Waals surface area contributed by atoms with Gasteiger partial charge in [0.05, 0.1) is 0 Å². The molecule has 1 aliphatic heterocycles. The Hall–Kier alpha value is -2.07. The summed E-state index contributed by atoms with van der Waals surface area (Å²) in [5.74, 6) is 0.968. The van der Waals surface area contributed by atoms with Gasteiger partial charge in [0.25, 0.3) is 0 Å². The molecule has 1 N–H and O–H groups in total. The fourth-order valence-electron chi connectivity index (χ4n) is 2.59. The zero-order valence-electron chi connectivity index (χ0n) is 11.4. The number of hydrogen-bond donors (Lipinski definition) is 1. The van der Waals surface area contributed by atoms with Crippen LogP contribution in [0, 0.1) is 0 Å². The first-order valence-corrected chi connectivity index (χ1v) is 6.98. The second-order valence-electron chi connectivity index (χ2n) is 5.09. The van der Waals surface area contributed by atoms with Crippen LogP contribution in [0.25, 0.3) is 0 Å². The summed E-state index contributed by atoms with van der Waals surface area (Å²) in [6.45, 7) is 4.77. The quantitative estimate of drug-likeness (QED) is 0.926. The Labute approximate surface area is 119 Å². The lowest BCUT2D eigenvalue weighted by atomic mass is 10.2. The fraction of sp³-hybridized carbons (Fsp3) is 0.312. The smallest absolute Gasteiger partial charge is 0.171 e. The van der Waals surface area contributed by atoms with Gasteiger partial charge in [-0.1, -0.05) is 30.3 Å². The van der Waals surface area contributed by atoms with E-state index in [4.69, 9.17) is 0 Å². The number of benzene rings is 1. The van der Waals surface area contributed by atoms with E-state index in [-0.39, 0.29) is 5.75 Å². The minimum atomic E-state index is 0.268. The largest absolute Gasteiger partial charge is 0.504 e. The molecule has 0 radical (unpaired) electrons. The van der Waals surface area contributed by atoms with Gasteiger partial charge in [-0.2, -0.15) is 0 Å². The first-order chi connectivity index (χ1) is 9.83. The molecular weight excluding hydrogens is 250 g/mol. The van der Waals surface area contributed by atoms with E-state index in [2.05, 4.69) is 39.0 Å². The SMILES string of the molecule is Oc1cccnc1N1CCN(Cc2ccccc2)CC1. The van der Waals surface area contributed by atoms with Crippen molar-refractivity contribution in [3.8, 4) is 5.75 Å². The molecule has 20 heavy (non-hydrogen) atoms. The Kier molecular flexibility index (Phi) is 3.83. The highest BCUT2D eigenvalue weighted by Crippen LogP contribution is 2.24. The third kappa shape index (κ3) is 2.91. The van der Waals surface area contributed by atoms with Crippen molar-refractivity contribution in [1.29, 1.82) is 0 Å². The molecule has 1 aromatic carbocycles. The van der Waals surface area contributed by atoms with E-state index in [1.807, 2.05) is 6.07 Å². The molecule has 1 fully saturated rings. The molecule has 0 unspecified atom stereocenters. The van der Waals surface area contributed by atoms with Gasteiger partial charge in [-0.05, 0) is 17.7 Å². The molecule has 0 amide bonds. The average molecular weight is 269 g/mol. The summed E-state index contributed by atoms with van der Waals surface area (Å²) >= 11 is 0. The van der Waals surface area contributed by atoms with Crippen LogP contribution in [0.2, 0.25) is 0 Å². The Balaban J connectivity index is 1.59. The molecule has 4 nitrogen and oxygen atoms in total. The minimum absolute atomic E-state index is 0.268. The summed E-state index contributed by atoms with van der Waals surface area (Å²) in [6, 6.07) is 14.0. The van der Waals surface area contributed by atoms with E-state index in [1.54, 1.807) is 18.3 Å². The summed E-state index contributed by atoms with van der Waals surface area (Å²) in [5, 5.41) is 9.85. The van der Waals surface area contributed by atoms with Crippen LogP contribution < -0.4 is 4.90 Å². The molecule has 4 heteroatoms. The maximum absolute atomic E-state index is 9.85. The van der Waals surface area contributed by atoms with Gasteiger partial charge in [0.15, 0.2) is 11.6 Å². The number of anilines is 1. The van der Waals surface area contributed by atoms with Gasteiger partial charge in [0.2, 0.25) is 0 Å². The second kappa shape index (κ2) is 5.92. The number of aromatic hydroxyl groups is 1. The Bertz CT molecular complexity index is 551. The Morgan fingerprint density at radius 2 is 1.70 bits per heavy atom. The summed E-state index contributed by atoms with van der Waals surface area (Å²) in [6.07, 6.45) is 1.73. The summed E-state index contributed by atoms with van der Waals surface area (Å²) in [4.78, 5) is 8.85. The zero-order valence-corrected chi connectivity index (χ0v) is 11.4. The van der Waals surface area contributed by atoms with Crippen LogP contribution in [-0.2, 0) is 6.54 Å². The maximum Gasteiger partial charge on any atom is 0.171 e. The number of hydrogen-bond acceptors (Lipinski definition) is 4. The number of nitrogens with zero attached hydrogens (tertiary/aromatic N) is 3. The fourth-order valence-corrected chi connectivity index (χ4v) is 2.59. The van der Waals surface area contributed by atoms with Crippen LogP contribution in [0.15, 0.2) is 48.7 Å². The molecule has 3 rings (SSSR count). The van der Waals surface area contributed by atoms with Crippen LogP contribution in [0.3, 0.4) is 0 Å². The topological polar surface area (TPSA) is 39.6 Å². The number of rotatable bonds is 3. The number of pyridine rings is 1. The van der Waals surface area contributed by atoms with E-state index in [1.165, 1.54) is 5.56 Å². The van der Waals surface area contributed by atoms with Crippen LogP contribution >= 0.6 is 0 Å². The van der Waals surface area contributed by atoms with Crippen molar-refractivity contribution < 1.29 is 5.11 Å². The van der Waals surface area contributed by atoms with Crippen LogP contribution in [0.4, 0.5) is 5.82 Å². The monoisotopic (exact) mass is 269 g/mol. The number of piperazine rings is 1. The lowest BCUT2D eigenvalue weighted by Crippen LogP contribution is -2.46. The molecule has 1 aliphatic rings. The van der Waals surface area contributed by atoms with Crippen LogP contribution in [0.1, 0.15) is 5.56 Å².